The van der Waals surface area contributed by atoms with E-state index in [1.165, 1.54) is 19.3 Å². The predicted molar refractivity (Wildman–Crippen MR) is 69.4 cm³/mol. The molecule has 4 nitrogen and oxygen atoms in total. The number of hydrogen-bond donors (Lipinski definition) is 1. The maximum Gasteiger partial charge on any atom is 0.214 e. The molecule has 1 unspecified atom stereocenters. The van der Waals surface area contributed by atoms with Gasteiger partial charge in [0.2, 0.25) is 10.0 Å². The van der Waals surface area contributed by atoms with Gasteiger partial charge in [0.05, 0.1) is 5.75 Å². The van der Waals surface area contributed by atoms with E-state index in [0.29, 0.717) is 24.8 Å². The van der Waals surface area contributed by atoms with Crippen LogP contribution < -0.4 is 5.32 Å². The first-order chi connectivity index (χ1) is 8.08. The Balaban J connectivity index is 1.92. The van der Waals surface area contributed by atoms with Crippen LogP contribution in [0.25, 0.3) is 0 Å². The Morgan fingerprint density at radius 3 is 2.59 bits per heavy atom. The van der Waals surface area contributed by atoms with Gasteiger partial charge in [-0.05, 0) is 25.7 Å². The zero-order valence-electron chi connectivity index (χ0n) is 10.7. The minimum absolute atomic E-state index is 0.282. The molecule has 17 heavy (non-hydrogen) atoms. The second-order valence-electron chi connectivity index (χ2n) is 5.50. The van der Waals surface area contributed by atoms with Gasteiger partial charge in [-0.1, -0.05) is 19.3 Å². The minimum Gasteiger partial charge on any atom is -0.312 e. The number of rotatable bonds is 3. The highest BCUT2D eigenvalue weighted by molar-refractivity contribution is 7.89. The lowest BCUT2D eigenvalue weighted by atomic mass is 9.91. The highest BCUT2D eigenvalue weighted by Crippen LogP contribution is 2.26. The maximum atomic E-state index is 12.3. The van der Waals surface area contributed by atoms with E-state index in [1.807, 2.05) is 6.92 Å². The van der Waals surface area contributed by atoms with Gasteiger partial charge in [0, 0.05) is 25.7 Å². The zero-order valence-corrected chi connectivity index (χ0v) is 11.5. The molecule has 2 aliphatic rings. The van der Waals surface area contributed by atoms with Gasteiger partial charge in [0.1, 0.15) is 0 Å². The van der Waals surface area contributed by atoms with Crippen LogP contribution in [-0.2, 0) is 10.0 Å². The largest absolute Gasteiger partial charge is 0.312 e. The zero-order chi connectivity index (χ0) is 12.3. The van der Waals surface area contributed by atoms with Crippen molar-refractivity contribution in [1.29, 1.82) is 0 Å². The van der Waals surface area contributed by atoms with Crippen LogP contribution in [0.1, 0.15) is 39.0 Å². The third kappa shape index (κ3) is 3.66. The predicted octanol–water partition coefficient (Wildman–Crippen LogP) is 1.19. The molecule has 1 aliphatic carbocycles. The third-order valence-electron chi connectivity index (χ3n) is 3.90. The summed E-state index contributed by atoms with van der Waals surface area (Å²) in [5.74, 6) is 0.777. The van der Waals surface area contributed by atoms with Crippen molar-refractivity contribution in [2.45, 2.75) is 45.1 Å². The molecule has 1 aliphatic heterocycles. The number of piperazine rings is 1. The molecular formula is C12H24N2O2S. The molecule has 0 aromatic heterocycles. The molecule has 1 saturated carbocycles. The second-order valence-corrected chi connectivity index (χ2v) is 7.51. The van der Waals surface area contributed by atoms with Gasteiger partial charge in [-0.3, -0.25) is 0 Å². The van der Waals surface area contributed by atoms with E-state index in [2.05, 4.69) is 5.32 Å². The van der Waals surface area contributed by atoms with E-state index < -0.39 is 10.0 Å². The van der Waals surface area contributed by atoms with Crippen LogP contribution in [0.15, 0.2) is 0 Å². The fourth-order valence-electron chi connectivity index (χ4n) is 2.91. The molecule has 2 fully saturated rings. The Morgan fingerprint density at radius 2 is 1.94 bits per heavy atom. The summed E-state index contributed by atoms with van der Waals surface area (Å²) in [6.45, 7) is 4.10. The van der Waals surface area contributed by atoms with Crippen molar-refractivity contribution in [3.05, 3.63) is 0 Å². The average molecular weight is 260 g/mol. The van der Waals surface area contributed by atoms with E-state index in [-0.39, 0.29) is 6.04 Å². The van der Waals surface area contributed by atoms with Crippen molar-refractivity contribution in [1.82, 2.24) is 9.62 Å². The van der Waals surface area contributed by atoms with Crippen molar-refractivity contribution in [2.75, 3.05) is 25.4 Å². The van der Waals surface area contributed by atoms with Gasteiger partial charge in [-0.2, -0.15) is 4.31 Å². The van der Waals surface area contributed by atoms with Crippen LogP contribution in [0.5, 0.6) is 0 Å². The molecule has 100 valence electrons. The van der Waals surface area contributed by atoms with Gasteiger partial charge in [-0.15, -0.1) is 0 Å². The van der Waals surface area contributed by atoms with E-state index in [0.717, 1.165) is 19.4 Å². The fourth-order valence-corrected chi connectivity index (χ4v) is 4.87. The number of nitrogens with one attached hydrogen (secondary N) is 1. The van der Waals surface area contributed by atoms with Gasteiger partial charge < -0.3 is 5.32 Å². The van der Waals surface area contributed by atoms with Gasteiger partial charge in [0.25, 0.3) is 0 Å². The molecule has 0 aromatic carbocycles. The molecule has 1 N–H and O–H groups in total. The molecule has 1 saturated heterocycles. The molecule has 5 heteroatoms. The van der Waals surface area contributed by atoms with Crippen molar-refractivity contribution < 1.29 is 8.42 Å². The topological polar surface area (TPSA) is 49.4 Å². The minimum atomic E-state index is -3.02. The van der Waals surface area contributed by atoms with Crippen LogP contribution in [0, 0.1) is 5.92 Å². The number of hydrogen-bond acceptors (Lipinski definition) is 3. The Bertz CT molecular complexity index is 336. The summed E-state index contributed by atoms with van der Waals surface area (Å²) in [6, 6.07) is 0.282. The van der Waals surface area contributed by atoms with Gasteiger partial charge in [0.15, 0.2) is 0 Å². The van der Waals surface area contributed by atoms with E-state index in [1.54, 1.807) is 4.31 Å². The normalized spacial score (nSPS) is 29.4. The summed E-state index contributed by atoms with van der Waals surface area (Å²) in [7, 11) is -3.02. The van der Waals surface area contributed by atoms with Gasteiger partial charge >= 0.3 is 0 Å². The molecule has 1 heterocycles. The summed E-state index contributed by atoms with van der Waals surface area (Å²) in [5, 5.41) is 3.28. The average Bonchev–Trinajstić information content (AvgIpc) is 2.30. The quantitative estimate of drug-likeness (QED) is 0.829. The monoisotopic (exact) mass is 260 g/mol. The molecule has 0 radical (unpaired) electrons. The SMILES string of the molecule is CC1CN(S(=O)(=O)CC2CCCCC2)CCN1. The lowest BCUT2D eigenvalue weighted by Gasteiger charge is -2.32. The second kappa shape index (κ2) is 5.67. The first-order valence-electron chi connectivity index (χ1n) is 6.79. The van der Waals surface area contributed by atoms with Crippen LogP contribution in [0.4, 0.5) is 0 Å². The molecule has 0 aromatic rings. The van der Waals surface area contributed by atoms with Crippen molar-refractivity contribution >= 4 is 10.0 Å². The first kappa shape index (κ1) is 13.3. The molecular weight excluding hydrogens is 236 g/mol. The van der Waals surface area contributed by atoms with Crippen molar-refractivity contribution in [2.24, 2.45) is 5.92 Å². The summed E-state index contributed by atoms with van der Waals surface area (Å²) in [6.07, 6.45) is 5.89. The fraction of sp³-hybridized carbons (Fsp3) is 1.00. The number of nitrogens with zero attached hydrogens (tertiary/aromatic N) is 1. The lowest BCUT2D eigenvalue weighted by molar-refractivity contribution is 0.303. The highest BCUT2D eigenvalue weighted by Gasteiger charge is 2.29. The van der Waals surface area contributed by atoms with E-state index in [4.69, 9.17) is 0 Å². The molecule has 0 amide bonds. The Kier molecular flexibility index (Phi) is 4.44. The summed E-state index contributed by atoms with van der Waals surface area (Å²) in [4.78, 5) is 0. The molecule has 1 atom stereocenters. The summed E-state index contributed by atoms with van der Waals surface area (Å²) >= 11 is 0. The van der Waals surface area contributed by atoms with Crippen molar-refractivity contribution in [3.63, 3.8) is 0 Å². The highest BCUT2D eigenvalue weighted by atomic mass is 32.2. The Hall–Kier alpha value is -0.130. The number of sulfonamides is 1. The molecule has 0 spiro atoms. The standard InChI is InChI=1S/C12H24N2O2S/c1-11-9-14(8-7-13-11)17(15,16)10-12-5-3-2-4-6-12/h11-13H,2-10H2,1H3. The van der Waals surface area contributed by atoms with Crippen LogP contribution in [0.2, 0.25) is 0 Å². The third-order valence-corrected chi connectivity index (χ3v) is 5.91. The first-order valence-corrected chi connectivity index (χ1v) is 8.40. The summed E-state index contributed by atoms with van der Waals surface area (Å²) in [5.41, 5.74) is 0. The van der Waals surface area contributed by atoms with Crippen molar-refractivity contribution in [3.8, 4) is 0 Å². The lowest BCUT2D eigenvalue weighted by Crippen LogP contribution is -2.52. The van der Waals surface area contributed by atoms with Gasteiger partial charge in [-0.25, -0.2) is 8.42 Å². The summed E-state index contributed by atoms with van der Waals surface area (Å²) < 4.78 is 26.3. The Labute approximate surface area is 105 Å². The van der Waals surface area contributed by atoms with Crippen LogP contribution >= 0.6 is 0 Å². The smallest absolute Gasteiger partial charge is 0.214 e. The Morgan fingerprint density at radius 1 is 1.24 bits per heavy atom. The molecule has 2 rings (SSSR count). The van der Waals surface area contributed by atoms with Crippen LogP contribution in [-0.4, -0.2) is 44.2 Å². The van der Waals surface area contributed by atoms with E-state index >= 15 is 0 Å². The molecule has 0 bridgehead atoms. The van der Waals surface area contributed by atoms with Crippen LogP contribution in [0.3, 0.4) is 0 Å². The maximum absolute atomic E-state index is 12.3. The van der Waals surface area contributed by atoms with E-state index in [9.17, 15) is 8.42 Å².